The predicted molar refractivity (Wildman–Crippen MR) is 106 cm³/mol. The number of piperazine rings is 1. The molecule has 3 aromatic rings. The molecule has 2 aromatic carbocycles. The van der Waals surface area contributed by atoms with E-state index in [1.807, 2.05) is 41.3 Å². The topological polar surface area (TPSA) is 61.4 Å². The first-order chi connectivity index (χ1) is 12.6. The van der Waals surface area contributed by atoms with Crippen LogP contribution < -0.4 is 15.5 Å². The van der Waals surface area contributed by atoms with E-state index in [0.29, 0.717) is 28.7 Å². The van der Waals surface area contributed by atoms with E-state index in [4.69, 9.17) is 11.6 Å². The molecule has 4 rings (SSSR count). The Kier molecular flexibility index (Phi) is 4.53. The molecular weight excluding hydrogens is 370 g/mol. The molecule has 7 heteroatoms. The molecule has 0 bridgehead atoms. The first-order valence-corrected chi connectivity index (χ1v) is 9.41. The fraction of sp³-hybridized carbons (Fsp3) is 0.158. The normalized spacial score (nSPS) is 14.3. The van der Waals surface area contributed by atoms with Crippen LogP contribution in [0.1, 0.15) is 9.67 Å². The number of rotatable bonds is 3. The summed E-state index contributed by atoms with van der Waals surface area (Å²) in [6.45, 7) is 1.59. The lowest BCUT2D eigenvalue weighted by Gasteiger charge is -2.29. The van der Waals surface area contributed by atoms with E-state index in [1.165, 1.54) is 11.3 Å². The summed E-state index contributed by atoms with van der Waals surface area (Å²) in [6.07, 6.45) is 0. The number of thiophene rings is 1. The second kappa shape index (κ2) is 6.97. The number of carbonyl (C=O) groups is 2. The molecule has 2 amide bonds. The summed E-state index contributed by atoms with van der Waals surface area (Å²) in [5.74, 6) is -0.179. The van der Waals surface area contributed by atoms with Gasteiger partial charge in [0, 0.05) is 23.5 Å². The quantitative estimate of drug-likeness (QED) is 0.722. The fourth-order valence-electron chi connectivity index (χ4n) is 2.97. The van der Waals surface area contributed by atoms with Crippen LogP contribution in [0, 0.1) is 0 Å². The van der Waals surface area contributed by atoms with Crippen LogP contribution in [0.2, 0.25) is 5.02 Å². The fourth-order valence-corrected chi connectivity index (χ4v) is 4.23. The van der Waals surface area contributed by atoms with Gasteiger partial charge in [0.25, 0.3) is 5.91 Å². The lowest BCUT2D eigenvalue weighted by atomic mass is 10.2. The van der Waals surface area contributed by atoms with Gasteiger partial charge in [-0.1, -0.05) is 29.8 Å². The third-order valence-electron chi connectivity index (χ3n) is 4.23. The van der Waals surface area contributed by atoms with E-state index in [9.17, 15) is 9.59 Å². The molecule has 0 atom stereocenters. The molecule has 0 radical (unpaired) electrons. The van der Waals surface area contributed by atoms with Crippen LogP contribution in [-0.2, 0) is 4.79 Å². The molecule has 2 N–H and O–H groups in total. The Hall–Kier alpha value is -2.57. The average molecular weight is 386 g/mol. The summed E-state index contributed by atoms with van der Waals surface area (Å²) in [5, 5.41) is 7.24. The zero-order chi connectivity index (χ0) is 18.1. The van der Waals surface area contributed by atoms with Crippen molar-refractivity contribution in [2.24, 2.45) is 0 Å². The van der Waals surface area contributed by atoms with Gasteiger partial charge in [-0.15, -0.1) is 11.3 Å². The van der Waals surface area contributed by atoms with Crippen molar-refractivity contribution in [3.8, 4) is 0 Å². The maximum absolute atomic E-state index is 12.5. The molecule has 1 aliphatic heterocycles. The van der Waals surface area contributed by atoms with E-state index in [2.05, 4.69) is 10.6 Å². The Bertz CT molecular complexity index is 968. The standard InChI is InChI=1S/C19H16ClN3O2S/c20-14-10-13(5-6-15(14)23-8-7-21-18(24)11-23)22-19(25)17-9-12-3-1-2-4-16(12)26-17/h1-6,9-10H,7-8,11H2,(H,21,24)(H,22,25). The highest BCUT2D eigenvalue weighted by atomic mass is 35.5. The zero-order valence-corrected chi connectivity index (χ0v) is 15.4. The highest BCUT2D eigenvalue weighted by Gasteiger charge is 2.19. The minimum absolute atomic E-state index is 0.0190. The molecule has 132 valence electrons. The molecule has 5 nitrogen and oxygen atoms in total. The van der Waals surface area contributed by atoms with Crippen molar-refractivity contribution in [3.63, 3.8) is 0 Å². The number of amides is 2. The molecule has 1 aliphatic rings. The van der Waals surface area contributed by atoms with Gasteiger partial charge in [-0.25, -0.2) is 0 Å². The van der Waals surface area contributed by atoms with Gasteiger partial charge < -0.3 is 15.5 Å². The summed E-state index contributed by atoms with van der Waals surface area (Å²) in [7, 11) is 0. The molecule has 1 aromatic heterocycles. The molecule has 26 heavy (non-hydrogen) atoms. The Morgan fingerprint density at radius 2 is 2.04 bits per heavy atom. The van der Waals surface area contributed by atoms with Crippen LogP contribution in [0.3, 0.4) is 0 Å². The first-order valence-electron chi connectivity index (χ1n) is 8.21. The molecule has 0 saturated carbocycles. The molecule has 0 unspecified atom stereocenters. The van der Waals surface area contributed by atoms with Gasteiger partial charge in [0.1, 0.15) is 0 Å². The Morgan fingerprint density at radius 1 is 1.19 bits per heavy atom. The third-order valence-corrected chi connectivity index (χ3v) is 5.65. The molecular formula is C19H16ClN3O2S. The number of nitrogens with one attached hydrogen (secondary N) is 2. The van der Waals surface area contributed by atoms with Crippen molar-refractivity contribution in [3.05, 3.63) is 58.4 Å². The summed E-state index contributed by atoms with van der Waals surface area (Å²) in [4.78, 5) is 26.6. The minimum atomic E-state index is -0.160. The number of carbonyl (C=O) groups excluding carboxylic acids is 2. The molecule has 0 aliphatic carbocycles. The number of hydrogen-bond acceptors (Lipinski definition) is 4. The predicted octanol–water partition coefficient (Wildman–Crippen LogP) is 3.74. The Morgan fingerprint density at radius 3 is 2.81 bits per heavy atom. The molecule has 2 heterocycles. The maximum atomic E-state index is 12.5. The second-order valence-electron chi connectivity index (χ2n) is 6.04. The van der Waals surface area contributed by atoms with E-state index in [0.717, 1.165) is 15.8 Å². The van der Waals surface area contributed by atoms with Crippen molar-refractivity contribution < 1.29 is 9.59 Å². The average Bonchev–Trinajstić information content (AvgIpc) is 3.06. The summed E-state index contributed by atoms with van der Waals surface area (Å²) in [6, 6.07) is 15.1. The smallest absolute Gasteiger partial charge is 0.265 e. The van der Waals surface area contributed by atoms with E-state index in [1.54, 1.807) is 12.1 Å². The highest BCUT2D eigenvalue weighted by molar-refractivity contribution is 7.20. The number of fused-ring (bicyclic) bond motifs is 1. The van der Waals surface area contributed by atoms with Crippen molar-refractivity contribution in [1.29, 1.82) is 0 Å². The van der Waals surface area contributed by atoms with Crippen LogP contribution in [0.4, 0.5) is 11.4 Å². The number of hydrogen-bond donors (Lipinski definition) is 2. The van der Waals surface area contributed by atoms with Crippen LogP contribution in [-0.4, -0.2) is 31.4 Å². The second-order valence-corrected chi connectivity index (χ2v) is 7.53. The summed E-state index contributed by atoms with van der Waals surface area (Å²) in [5.41, 5.74) is 1.42. The largest absolute Gasteiger partial charge is 0.359 e. The van der Waals surface area contributed by atoms with Crippen molar-refractivity contribution >= 4 is 56.2 Å². The highest BCUT2D eigenvalue weighted by Crippen LogP contribution is 2.30. The Labute approximate surface area is 159 Å². The number of anilines is 2. The van der Waals surface area contributed by atoms with E-state index in [-0.39, 0.29) is 18.4 Å². The zero-order valence-electron chi connectivity index (χ0n) is 13.8. The summed E-state index contributed by atoms with van der Waals surface area (Å²) >= 11 is 7.84. The van der Waals surface area contributed by atoms with Crippen LogP contribution >= 0.6 is 22.9 Å². The Balaban J connectivity index is 1.52. The van der Waals surface area contributed by atoms with Gasteiger partial charge in [-0.2, -0.15) is 0 Å². The number of halogens is 1. The summed E-state index contributed by atoms with van der Waals surface area (Å²) < 4.78 is 1.08. The van der Waals surface area contributed by atoms with Crippen molar-refractivity contribution in [2.75, 3.05) is 29.9 Å². The van der Waals surface area contributed by atoms with Crippen LogP contribution in [0.15, 0.2) is 48.5 Å². The molecule has 1 saturated heterocycles. The van der Waals surface area contributed by atoms with Gasteiger partial charge in [0.05, 0.1) is 22.1 Å². The van der Waals surface area contributed by atoms with Gasteiger partial charge in [-0.3, -0.25) is 9.59 Å². The van der Waals surface area contributed by atoms with Gasteiger partial charge >= 0.3 is 0 Å². The minimum Gasteiger partial charge on any atom is -0.359 e. The third kappa shape index (κ3) is 3.38. The van der Waals surface area contributed by atoms with E-state index < -0.39 is 0 Å². The SMILES string of the molecule is O=C1CN(c2ccc(NC(=O)c3cc4ccccc4s3)cc2Cl)CCN1. The monoisotopic (exact) mass is 385 g/mol. The van der Waals surface area contributed by atoms with Gasteiger partial charge in [0.2, 0.25) is 5.91 Å². The lowest BCUT2D eigenvalue weighted by molar-refractivity contribution is -0.120. The van der Waals surface area contributed by atoms with Crippen LogP contribution in [0.25, 0.3) is 10.1 Å². The number of nitrogens with zero attached hydrogens (tertiary/aromatic N) is 1. The lowest BCUT2D eigenvalue weighted by Crippen LogP contribution is -2.47. The van der Waals surface area contributed by atoms with Crippen molar-refractivity contribution in [1.82, 2.24) is 5.32 Å². The van der Waals surface area contributed by atoms with Crippen LogP contribution in [0.5, 0.6) is 0 Å². The van der Waals surface area contributed by atoms with Gasteiger partial charge in [0.15, 0.2) is 0 Å². The molecule has 1 fully saturated rings. The van der Waals surface area contributed by atoms with Crippen molar-refractivity contribution in [2.45, 2.75) is 0 Å². The molecule has 0 spiro atoms. The first kappa shape index (κ1) is 16.9. The van der Waals surface area contributed by atoms with E-state index >= 15 is 0 Å². The van der Waals surface area contributed by atoms with Gasteiger partial charge in [-0.05, 0) is 35.7 Å². The number of benzene rings is 2. The maximum Gasteiger partial charge on any atom is 0.265 e.